The summed E-state index contributed by atoms with van der Waals surface area (Å²) in [4.78, 5) is 27.8. The molecule has 6 rings (SSSR count). The first-order valence-corrected chi connectivity index (χ1v) is 11.3. The third kappa shape index (κ3) is 3.44. The van der Waals surface area contributed by atoms with Crippen LogP contribution in [0.15, 0.2) is 83.7 Å². The second kappa shape index (κ2) is 7.69. The van der Waals surface area contributed by atoms with Crippen molar-refractivity contribution in [2.75, 3.05) is 13.1 Å². The minimum Gasteiger partial charge on any atom is -0.338 e. The number of hydrogen-bond donors (Lipinski definition) is 0. The molecule has 2 bridgehead atoms. The van der Waals surface area contributed by atoms with Crippen molar-refractivity contribution >= 4 is 16.7 Å². The molecule has 0 aliphatic carbocycles. The summed E-state index contributed by atoms with van der Waals surface area (Å²) < 4.78 is 15.2. The third-order valence-electron chi connectivity index (χ3n) is 7.03. The fourth-order valence-corrected chi connectivity index (χ4v) is 5.56. The molecule has 0 unspecified atom stereocenters. The fourth-order valence-electron chi connectivity index (χ4n) is 5.56. The number of hydrogen-bond acceptors (Lipinski definition) is 2. The van der Waals surface area contributed by atoms with E-state index >= 15 is 0 Å². The van der Waals surface area contributed by atoms with Gasteiger partial charge >= 0.3 is 0 Å². The van der Waals surface area contributed by atoms with Gasteiger partial charge in [0.2, 0.25) is 0 Å². The molecule has 2 atom stereocenters. The van der Waals surface area contributed by atoms with Gasteiger partial charge in [-0.25, -0.2) is 4.39 Å². The summed E-state index contributed by atoms with van der Waals surface area (Å²) in [5.41, 5.74) is 3.67. The minimum absolute atomic E-state index is 0.0163. The molecule has 0 spiro atoms. The third-order valence-corrected chi connectivity index (χ3v) is 7.03. The van der Waals surface area contributed by atoms with Crippen LogP contribution in [0.4, 0.5) is 4.39 Å². The van der Waals surface area contributed by atoms with Crippen LogP contribution in [0.3, 0.4) is 0 Å². The van der Waals surface area contributed by atoms with E-state index in [1.165, 1.54) is 17.5 Å². The molecular weight excluding hydrogens is 415 g/mol. The normalized spacial score (nSPS) is 19.4. The lowest BCUT2D eigenvalue weighted by atomic mass is 9.80. The second-order valence-corrected chi connectivity index (χ2v) is 9.16. The molecule has 3 aromatic carbocycles. The van der Waals surface area contributed by atoms with Gasteiger partial charge in [0.15, 0.2) is 0 Å². The molecular formula is C28H23FN2O2. The molecule has 5 heteroatoms. The molecule has 164 valence electrons. The molecule has 33 heavy (non-hydrogen) atoms. The first-order chi connectivity index (χ1) is 16.1. The van der Waals surface area contributed by atoms with E-state index in [-0.39, 0.29) is 29.1 Å². The molecule has 4 nitrogen and oxygen atoms in total. The number of piperidine rings is 1. The van der Waals surface area contributed by atoms with E-state index < -0.39 is 0 Å². The van der Waals surface area contributed by atoms with Crippen LogP contribution in [0, 0.1) is 11.7 Å². The molecule has 1 fully saturated rings. The fraction of sp³-hybridized carbons (Fsp3) is 0.214. The Balaban J connectivity index is 1.41. The van der Waals surface area contributed by atoms with Crippen LogP contribution in [-0.2, 0) is 6.54 Å². The Labute approximate surface area is 190 Å². The zero-order valence-corrected chi connectivity index (χ0v) is 18.1. The predicted molar refractivity (Wildman–Crippen MR) is 127 cm³/mol. The van der Waals surface area contributed by atoms with E-state index in [0.29, 0.717) is 25.2 Å². The summed E-state index contributed by atoms with van der Waals surface area (Å²) >= 11 is 0. The van der Waals surface area contributed by atoms with Gasteiger partial charge in [0.1, 0.15) is 5.82 Å². The molecule has 0 saturated carbocycles. The van der Waals surface area contributed by atoms with Crippen molar-refractivity contribution in [3.63, 3.8) is 0 Å². The lowest BCUT2D eigenvalue weighted by molar-refractivity contribution is 0.0595. The van der Waals surface area contributed by atoms with Crippen molar-refractivity contribution < 1.29 is 9.18 Å². The molecule has 4 aromatic rings. The molecule has 2 aliphatic heterocycles. The lowest BCUT2D eigenvalue weighted by Crippen LogP contribution is -2.49. The van der Waals surface area contributed by atoms with Crippen molar-refractivity contribution in [2.45, 2.75) is 18.9 Å². The van der Waals surface area contributed by atoms with Crippen LogP contribution in [0.5, 0.6) is 0 Å². The first-order valence-electron chi connectivity index (χ1n) is 11.3. The molecule has 1 amide bonds. The Morgan fingerprint density at radius 3 is 2.45 bits per heavy atom. The Kier molecular flexibility index (Phi) is 4.64. The zero-order chi connectivity index (χ0) is 22.5. The quantitative estimate of drug-likeness (QED) is 0.439. The molecule has 1 aromatic heterocycles. The van der Waals surface area contributed by atoms with Crippen LogP contribution in [-0.4, -0.2) is 28.5 Å². The Morgan fingerprint density at radius 2 is 1.64 bits per heavy atom. The second-order valence-electron chi connectivity index (χ2n) is 9.16. The average Bonchev–Trinajstić information content (AvgIpc) is 2.84. The van der Waals surface area contributed by atoms with Gasteiger partial charge in [-0.15, -0.1) is 0 Å². The zero-order valence-electron chi connectivity index (χ0n) is 18.1. The van der Waals surface area contributed by atoms with E-state index in [1.54, 1.807) is 18.2 Å². The lowest BCUT2D eigenvalue weighted by Gasteiger charge is -2.43. The van der Waals surface area contributed by atoms with Crippen molar-refractivity contribution in [3.8, 4) is 11.1 Å². The Hall–Kier alpha value is -3.73. The molecule has 0 radical (unpaired) electrons. The van der Waals surface area contributed by atoms with Gasteiger partial charge in [-0.05, 0) is 65.1 Å². The molecule has 2 aliphatic rings. The number of nitrogens with zero attached hydrogens (tertiary/aromatic N) is 2. The number of carbonyl (C=O) groups excluding carboxylic acids is 1. The standard InChI is InChI=1S/C28H23FN2O2/c29-24-9-7-20(8-10-24)28(33)30-15-18-13-23(17-30)27-25(11-12-26(32)31(27)16-18)22-6-5-19-3-1-2-4-21(19)14-22/h1-12,14,18,23H,13,15-17H2/t18-,23-/m0/s1. The highest BCUT2D eigenvalue weighted by Crippen LogP contribution is 2.40. The summed E-state index contributed by atoms with van der Waals surface area (Å²) in [6, 6.07) is 24.0. The monoisotopic (exact) mass is 438 g/mol. The van der Waals surface area contributed by atoms with Crippen molar-refractivity contribution in [3.05, 3.63) is 106 Å². The van der Waals surface area contributed by atoms with Gasteiger partial charge in [0.05, 0.1) is 0 Å². The van der Waals surface area contributed by atoms with Crippen LogP contribution in [0.2, 0.25) is 0 Å². The Morgan fingerprint density at radius 1 is 0.848 bits per heavy atom. The maximum atomic E-state index is 13.3. The highest BCUT2D eigenvalue weighted by Gasteiger charge is 2.38. The van der Waals surface area contributed by atoms with Gasteiger partial charge in [-0.2, -0.15) is 0 Å². The first kappa shape index (κ1) is 19.9. The summed E-state index contributed by atoms with van der Waals surface area (Å²) in [6.07, 6.45) is 0.956. The number of likely N-dealkylation sites (tertiary alicyclic amines) is 1. The van der Waals surface area contributed by atoms with Gasteiger partial charge < -0.3 is 9.47 Å². The van der Waals surface area contributed by atoms with Crippen molar-refractivity contribution in [2.24, 2.45) is 5.92 Å². The number of amides is 1. The molecule has 1 saturated heterocycles. The van der Waals surface area contributed by atoms with Crippen LogP contribution >= 0.6 is 0 Å². The highest BCUT2D eigenvalue weighted by atomic mass is 19.1. The number of aromatic nitrogens is 1. The van der Waals surface area contributed by atoms with Crippen LogP contribution in [0.1, 0.15) is 28.4 Å². The summed E-state index contributed by atoms with van der Waals surface area (Å²) in [5.74, 6) is -0.124. The maximum Gasteiger partial charge on any atom is 0.253 e. The Bertz CT molecular complexity index is 1440. The van der Waals surface area contributed by atoms with E-state index in [2.05, 4.69) is 30.3 Å². The summed E-state index contributed by atoms with van der Waals surface area (Å²) in [5, 5.41) is 2.34. The van der Waals surface area contributed by atoms with E-state index in [1.807, 2.05) is 27.7 Å². The van der Waals surface area contributed by atoms with Crippen LogP contribution in [0.25, 0.3) is 21.9 Å². The summed E-state index contributed by atoms with van der Waals surface area (Å²) in [7, 11) is 0. The van der Waals surface area contributed by atoms with E-state index in [9.17, 15) is 14.0 Å². The highest BCUT2D eigenvalue weighted by molar-refractivity contribution is 5.94. The smallest absolute Gasteiger partial charge is 0.253 e. The van der Waals surface area contributed by atoms with E-state index in [0.717, 1.165) is 28.6 Å². The topological polar surface area (TPSA) is 42.3 Å². The number of pyridine rings is 1. The molecule has 0 N–H and O–H groups in total. The average molecular weight is 439 g/mol. The van der Waals surface area contributed by atoms with Gasteiger partial charge in [0.25, 0.3) is 11.5 Å². The van der Waals surface area contributed by atoms with Crippen LogP contribution < -0.4 is 5.56 Å². The largest absolute Gasteiger partial charge is 0.338 e. The number of fused-ring (bicyclic) bond motifs is 5. The number of halogens is 1. The van der Waals surface area contributed by atoms with Gasteiger partial charge in [0, 0.05) is 48.4 Å². The predicted octanol–water partition coefficient (Wildman–Crippen LogP) is 5.07. The minimum atomic E-state index is -0.351. The number of benzene rings is 3. The van der Waals surface area contributed by atoms with Crippen molar-refractivity contribution in [1.29, 1.82) is 0 Å². The SMILES string of the molecule is O=C(c1ccc(F)cc1)N1C[C@@H]2C[C@@H](C1)c1c(-c3ccc4ccccc4c3)ccc(=O)n1C2. The summed E-state index contributed by atoms with van der Waals surface area (Å²) in [6.45, 7) is 1.77. The number of carbonyl (C=O) groups is 1. The van der Waals surface area contributed by atoms with Crippen molar-refractivity contribution in [1.82, 2.24) is 9.47 Å². The maximum absolute atomic E-state index is 13.3. The molecule has 3 heterocycles. The number of rotatable bonds is 2. The van der Waals surface area contributed by atoms with E-state index in [4.69, 9.17) is 0 Å². The van der Waals surface area contributed by atoms with Gasteiger partial charge in [-0.3, -0.25) is 9.59 Å². The van der Waals surface area contributed by atoms with Gasteiger partial charge in [-0.1, -0.05) is 36.4 Å².